The van der Waals surface area contributed by atoms with Crippen LogP contribution < -0.4 is 0 Å². The molecule has 5 nitrogen and oxygen atoms in total. The number of carbonyl (C=O) groups is 1. The van der Waals surface area contributed by atoms with Crippen LogP contribution >= 0.6 is 0 Å². The number of rotatable bonds is 2. The molecule has 2 heterocycles. The molecule has 5 atom stereocenters. The van der Waals surface area contributed by atoms with E-state index in [1.807, 2.05) is 4.90 Å². The molecule has 4 rings (SSSR count). The Morgan fingerprint density at radius 2 is 1.68 bits per heavy atom. The van der Waals surface area contributed by atoms with Crippen molar-refractivity contribution in [3.05, 3.63) is 35.4 Å². The lowest BCUT2D eigenvalue weighted by Gasteiger charge is -2.37. The third-order valence-electron chi connectivity index (χ3n) is 6.46. The lowest BCUT2D eigenvalue weighted by Crippen LogP contribution is -2.51. The third-order valence-corrected chi connectivity index (χ3v) is 6.46. The minimum absolute atomic E-state index is 0.0881. The van der Waals surface area contributed by atoms with Gasteiger partial charge in [0, 0.05) is 19.6 Å². The molecule has 2 aliphatic heterocycles. The zero-order chi connectivity index (χ0) is 17.6. The van der Waals surface area contributed by atoms with E-state index in [0.29, 0.717) is 24.7 Å². The van der Waals surface area contributed by atoms with Gasteiger partial charge in [0.2, 0.25) is 5.91 Å². The van der Waals surface area contributed by atoms with Crippen LogP contribution in [0.25, 0.3) is 0 Å². The van der Waals surface area contributed by atoms with Gasteiger partial charge in [-0.2, -0.15) is 0 Å². The average Bonchev–Trinajstić information content (AvgIpc) is 3.03. The largest absolute Gasteiger partial charge is 0.390 e. The molecule has 25 heavy (non-hydrogen) atoms. The fraction of sp³-hybridized carbons (Fsp3) is 0.650. The van der Waals surface area contributed by atoms with Crippen molar-refractivity contribution in [1.82, 2.24) is 9.80 Å². The minimum atomic E-state index is -0.634. The van der Waals surface area contributed by atoms with Gasteiger partial charge in [0.25, 0.3) is 0 Å². The number of aliphatic hydroxyl groups excluding tert-OH is 2. The topological polar surface area (TPSA) is 64.0 Å². The van der Waals surface area contributed by atoms with Gasteiger partial charge >= 0.3 is 0 Å². The SMILES string of the molecule is CCN1Cc2ccccc2C[C@@H]1C(=O)N1C[C@H]2C[C@H](O)[C@@H](O)C[C@H]2C1. The lowest BCUT2D eigenvalue weighted by molar-refractivity contribution is -0.136. The number of hydrogen-bond donors (Lipinski definition) is 2. The monoisotopic (exact) mass is 344 g/mol. The van der Waals surface area contributed by atoms with E-state index in [1.54, 1.807) is 0 Å². The highest BCUT2D eigenvalue weighted by atomic mass is 16.3. The maximum absolute atomic E-state index is 13.2. The molecule has 1 amide bonds. The zero-order valence-corrected chi connectivity index (χ0v) is 14.8. The Morgan fingerprint density at radius 3 is 2.28 bits per heavy atom. The lowest BCUT2D eigenvalue weighted by atomic mass is 9.79. The summed E-state index contributed by atoms with van der Waals surface area (Å²) < 4.78 is 0. The maximum Gasteiger partial charge on any atom is 0.240 e. The highest BCUT2D eigenvalue weighted by Crippen LogP contribution is 2.37. The first-order valence-electron chi connectivity index (χ1n) is 9.52. The molecule has 1 saturated carbocycles. The van der Waals surface area contributed by atoms with Gasteiger partial charge in [-0.1, -0.05) is 31.2 Å². The van der Waals surface area contributed by atoms with Crippen LogP contribution in [0.1, 0.15) is 30.9 Å². The van der Waals surface area contributed by atoms with E-state index >= 15 is 0 Å². The first kappa shape index (κ1) is 17.0. The Hall–Kier alpha value is -1.43. The van der Waals surface area contributed by atoms with E-state index in [0.717, 1.165) is 32.6 Å². The van der Waals surface area contributed by atoms with E-state index in [9.17, 15) is 15.0 Å². The number of likely N-dealkylation sites (tertiary alicyclic amines) is 1. The predicted molar refractivity (Wildman–Crippen MR) is 94.8 cm³/mol. The number of fused-ring (bicyclic) bond motifs is 2. The smallest absolute Gasteiger partial charge is 0.240 e. The second kappa shape index (κ2) is 6.71. The molecule has 0 spiro atoms. The van der Waals surface area contributed by atoms with Gasteiger partial charge < -0.3 is 15.1 Å². The predicted octanol–water partition coefficient (Wildman–Crippen LogP) is 1.02. The van der Waals surface area contributed by atoms with Crippen LogP contribution in [0.4, 0.5) is 0 Å². The van der Waals surface area contributed by atoms with Gasteiger partial charge in [0.1, 0.15) is 0 Å². The first-order valence-corrected chi connectivity index (χ1v) is 9.52. The zero-order valence-electron chi connectivity index (χ0n) is 14.8. The normalized spacial score (nSPS) is 35.3. The standard InChI is InChI=1S/C20H28N2O3/c1-2-21-10-14-6-4-3-5-13(14)7-17(21)20(25)22-11-15-8-18(23)19(24)9-16(15)12-22/h3-6,15-19,23-24H,2,7-12H2,1H3/t15-,16+,17-,18+,19+/m1/s1. The minimum Gasteiger partial charge on any atom is -0.390 e. The van der Waals surface area contributed by atoms with E-state index in [-0.39, 0.29) is 11.9 Å². The van der Waals surface area contributed by atoms with Crippen LogP contribution in [0.5, 0.6) is 0 Å². The number of likely N-dealkylation sites (N-methyl/N-ethyl adjacent to an activating group) is 1. The molecule has 1 aromatic carbocycles. The Morgan fingerprint density at radius 1 is 1.08 bits per heavy atom. The van der Waals surface area contributed by atoms with Gasteiger partial charge in [0.05, 0.1) is 18.2 Å². The second-order valence-corrected chi connectivity index (χ2v) is 7.92. The Labute approximate surface area is 149 Å². The molecule has 1 aromatic rings. The summed E-state index contributed by atoms with van der Waals surface area (Å²) >= 11 is 0. The van der Waals surface area contributed by atoms with E-state index in [4.69, 9.17) is 0 Å². The molecule has 0 unspecified atom stereocenters. The molecule has 2 N–H and O–H groups in total. The van der Waals surface area contributed by atoms with Crippen LogP contribution in [0.2, 0.25) is 0 Å². The summed E-state index contributed by atoms with van der Waals surface area (Å²) in [6.45, 7) is 5.26. The van der Waals surface area contributed by atoms with E-state index in [2.05, 4.69) is 36.1 Å². The summed E-state index contributed by atoms with van der Waals surface area (Å²) in [7, 11) is 0. The highest BCUT2D eigenvalue weighted by Gasteiger charge is 2.44. The second-order valence-electron chi connectivity index (χ2n) is 7.92. The van der Waals surface area contributed by atoms with Crippen LogP contribution in [0.15, 0.2) is 24.3 Å². The quantitative estimate of drug-likeness (QED) is 0.841. The van der Waals surface area contributed by atoms with E-state index in [1.165, 1.54) is 11.1 Å². The van der Waals surface area contributed by atoms with E-state index < -0.39 is 12.2 Å². The molecule has 3 aliphatic rings. The molecule has 1 aliphatic carbocycles. The number of carbonyl (C=O) groups excluding carboxylic acids is 1. The molecule has 0 aromatic heterocycles. The number of amides is 1. The maximum atomic E-state index is 13.2. The molecule has 2 fully saturated rings. The van der Waals surface area contributed by atoms with Gasteiger partial charge in [-0.05, 0) is 48.8 Å². The Kier molecular flexibility index (Phi) is 4.56. The van der Waals surface area contributed by atoms with Crippen LogP contribution in [-0.2, 0) is 17.8 Å². The molecule has 136 valence electrons. The summed E-state index contributed by atoms with van der Waals surface area (Å²) in [5.41, 5.74) is 2.61. The van der Waals surface area contributed by atoms with Crippen molar-refractivity contribution in [3.63, 3.8) is 0 Å². The van der Waals surface area contributed by atoms with Crippen LogP contribution in [-0.4, -0.2) is 63.8 Å². The molecule has 1 saturated heterocycles. The average molecular weight is 344 g/mol. The Bertz CT molecular complexity index is 632. The Balaban J connectivity index is 1.49. The molecule has 0 radical (unpaired) electrons. The fourth-order valence-electron chi connectivity index (χ4n) is 4.95. The van der Waals surface area contributed by atoms with Crippen molar-refractivity contribution in [2.45, 2.75) is 51.0 Å². The highest BCUT2D eigenvalue weighted by molar-refractivity contribution is 5.83. The third kappa shape index (κ3) is 3.09. The summed E-state index contributed by atoms with van der Waals surface area (Å²) in [5, 5.41) is 19.9. The summed E-state index contributed by atoms with van der Waals surface area (Å²) in [4.78, 5) is 17.5. The summed E-state index contributed by atoms with van der Waals surface area (Å²) in [6.07, 6.45) is 0.733. The number of benzene rings is 1. The fourth-order valence-corrected chi connectivity index (χ4v) is 4.95. The first-order chi connectivity index (χ1) is 12.1. The molecular weight excluding hydrogens is 316 g/mol. The van der Waals surface area contributed by atoms with Crippen LogP contribution in [0.3, 0.4) is 0 Å². The van der Waals surface area contributed by atoms with Crippen molar-refractivity contribution in [2.24, 2.45) is 11.8 Å². The van der Waals surface area contributed by atoms with Gasteiger partial charge in [0.15, 0.2) is 0 Å². The number of nitrogens with zero attached hydrogens (tertiary/aromatic N) is 2. The van der Waals surface area contributed by atoms with Gasteiger partial charge in [-0.3, -0.25) is 9.69 Å². The van der Waals surface area contributed by atoms with Crippen molar-refractivity contribution in [2.75, 3.05) is 19.6 Å². The molecule has 0 bridgehead atoms. The van der Waals surface area contributed by atoms with Crippen molar-refractivity contribution >= 4 is 5.91 Å². The molecular formula is C20H28N2O3. The van der Waals surface area contributed by atoms with Gasteiger partial charge in [-0.15, -0.1) is 0 Å². The number of hydrogen-bond acceptors (Lipinski definition) is 4. The van der Waals surface area contributed by atoms with Crippen molar-refractivity contribution in [1.29, 1.82) is 0 Å². The van der Waals surface area contributed by atoms with Crippen molar-refractivity contribution in [3.8, 4) is 0 Å². The van der Waals surface area contributed by atoms with Crippen LogP contribution in [0, 0.1) is 11.8 Å². The summed E-state index contributed by atoms with van der Waals surface area (Å²) in [6, 6.07) is 8.33. The van der Waals surface area contributed by atoms with Crippen molar-refractivity contribution < 1.29 is 15.0 Å². The molecule has 5 heteroatoms. The number of aliphatic hydroxyl groups is 2. The van der Waals surface area contributed by atoms with Gasteiger partial charge in [-0.25, -0.2) is 0 Å². The summed E-state index contributed by atoms with van der Waals surface area (Å²) in [5.74, 6) is 0.872.